The van der Waals surface area contributed by atoms with E-state index in [0.717, 1.165) is 16.5 Å². The second-order valence-electron chi connectivity index (χ2n) is 17.5. The predicted molar refractivity (Wildman–Crippen MR) is 248 cm³/mol. The van der Waals surface area contributed by atoms with Crippen LogP contribution in [0.3, 0.4) is 0 Å². The summed E-state index contributed by atoms with van der Waals surface area (Å²) >= 11 is 0. The maximum absolute atomic E-state index is 13.9. The lowest BCUT2D eigenvalue weighted by atomic mass is 10.1. The number of hydrogen-bond acceptors (Lipinski definition) is 12. The van der Waals surface area contributed by atoms with Gasteiger partial charge in [-0.3, -0.25) is 14.9 Å². The molecule has 0 aliphatic heterocycles. The average molecular weight is 915 g/mol. The second-order valence-corrected chi connectivity index (χ2v) is 17.5. The van der Waals surface area contributed by atoms with Crippen molar-refractivity contribution < 1.29 is 52.1 Å². The molecule has 0 aliphatic carbocycles. The van der Waals surface area contributed by atoms with Crippen LogP contribution in [-0.4, -0.2) is 72.6 Å². The molecule has 66 heavy (non-hydrogen) atoms. The maximum atomic E-state index is 13.9. The van der Waals surface area contributed by atoms with Gasteiger partial charge in [0.25, 0.3) is 0 Å². The molecule has 6 N–H and O–H groups in total. The summed E-state index contributed by atoms with van der Waals surface area (Å²) in [5, 5.41) is 17.0. The Morgan fingerprint density at radius 1 is 0.576 bits per heavy atom. The zero-order chi connectivity index (χ0) is 48.3. The molecule has 0 fully saturated rings. The summed E-state index contributed by atoms with van der Waals surface area (Å²) in [6.07, 6.45) is -0.687. The van der Waals surface area contributed by atoms with E-state index in [9.17, 15) is 33.6 Å². The number of ether oxygens (including phenoxy) is 4. The number of aryl methyl sites for hydroxylation is 1. The number of benzene rings is 3. The highest BCUT2D eigenvalue weighted by Gasteiger charge is 2.28. The van der Waals surface area contributed by atoms with Gasteiger partial charge in [0.05, 0.1) is 0 Å². The monoisotopic (exact) mass is 914 g/mol. The van der Waals surface area contributed by atoms with Gasteiger partial charge in [0.15, 0.2) is 0 Å². The van der Waals surface area contributed by atoms with Crippen LogP contribution in [0.2, 0.25) is 0 Å². The highest BCUT2D eigenvalue weighted by Crippen LogP contribution is 2.21. The van der Waals surface area contributed by atoms with Crippen molar-refractivity contribution in [2.75, 3.05) is 23.7 Å². The zero-order valence-corrected chi connectivity index (χ0v) is 38.6. The van der Waals surface area contributed by atoms with Crippen molar-refractivity contribution in [3.05, 3.63) is 106 Å². The molecule has 0 radical (unpaired) electrons. The standard InChI is InChI=1S/C48H62N6O12/c1-31-27-40(55)64-39-28-35(23-24-36(31)39)52-45(60)62-30-33-19-21-34(22-20-33)51-41(56)37(17-11-13-25-49-43(58)65-47(2,3)4)53-42(57)38(18-12-14-26-50-44(59)66-48(5,6)7)54-46(61)63-29-32-15-9-8-10-16-32/h8-10,15-16,19-24,27-28,37-38H,11-14,17-18,25-26,29-30H2,1-7H3,(H,49,58)(H,50,59)(H,51,56)(H,52,60)(H,53,57)(H,54,61)/t37-,38-/m0/s1. The summed E-state index contributed by atoms with van der Waals surface area (Å²) < 4.78 is 26.6. The van der Waals surface area contributed by atoms with Crippen LogP contribution in [0.15, 0.2) is 88.1 Å². The highest BCUT2D eigenvalue weighted by molar-refractivity contribution is 5.98. The Bertz CT molecular complexity index is 2320. The molecule has 18 nitrogen and oxygen atoms in total. The minimum atomic E-state index is -1.11. The van der Waals surface area contributed by atoms with Crippen molar-refractivity contribution in [1.29, 1.82) is 0 Å². The second kappa shape index (κ2) is 24.8. The Morgan fingerprint density at radius 2 is 1.11 bits per heavy atom. The number of unbranched alkanes of at least 4 members (excludes halogenated alkanes) is 2. The van der Waals surface area contributed by atoms with E-state index < -0.39 is 65.1 Å². The number of amides is 6. The van der Waals surface area contributed by atoms with Crippen LogP contribution in [0.25, 0.3) is 11.0 Å². The summed E-state index contributed by atoms with van der Waals surface area (Å²) in [7, 11) is 0. The Labute approximate surface area is 384 Å². The van der Waals surface area contributed by atoms with Gasteiger partial charge in [-0.1, -0.05) is 42.5 Å². The van der Waals surface area contributed by atoms with Gasteiger partial charge in [0.2, 0.25) is 11.8 Å². The van der Waals surface area contributed by atoms with Gasteiger partial charge in [0.1, 0.15) is 42.1 Å². The molecule has 0 bridgehead atoms. The van der Waals surface area contributed by atoms with Crippen molar-refractivity contribution in [3.63, 3.8) is 0 Å². The number of alkyl carbamates (subject to hydrolysis) is 3. The van der Waals surface area contributed by atoms with Gasteiger partial charge in [0, 0.05) is 42.0 Å². The number of carbonyl (C=O) groups is 6. The number of hydrogen-bond donors (Lipinski definition) is 6. The fourth-order valence-electron chi connectivity index (χ4n) is 6.29. The molecule has 1 aromatic heterocycles. The molecule has 0 unspecified atom stereocenters. The van der Waals surface area contributed by atoms with Crippen molar-refractivity contribution in [2.45, 2.75) is 123 Å². The van der Waals surface area contributed by atoms with E-state index in [-0.39, 0.29) is 39.1 Å². The summed E-state index contributed by atoms with van der Waals surface area (Å²) in [5.41, 5.74) is 1.34. The SMILES string of the molecule is Cc1cc(=O)oc2cc(NC(=O)OCc3ccc(NC(=O)[C@H](CCCCNC(=O)OC(C)(C)C)NC(=O)[C@H](CCCCNC(=O)OC(C)(C)C)NC(=O)OCc4ccccc4)cc3)ccc12. The molecule has 6 amide bonds. The summed E-state index contributed by atoms with van der Waals surface area (Å²) in [6, 6.07) is 19.7. The lowest BCUT2D eigenvalue weighted by molar-refractivity contribution is -0.128. The van der Waals surface area contributed by atoms with E-state index in [4.69, 9.17) is 23.4 Å². The Balaban J connectivity index is 1.39. The third-order valence-electron chi connectivity index (χ3n) is 9.42. The van der Waals surface area contributed by atoms with Crippen LogP contribution in [-0.2, 0) is 41.8 Å². The van der Waals surface area contributed by atoms with Crippen molar-refractivity contribution in [1.82, 2.24) is 21.3 Å². The molecule has 1 heterocycles. The van der Waals surface area contributed by atoms with Crippen LogP contribution >= 0.6 is 0 Å². The van der Waals surface area contributed by atoms with Crippen LogP contribution in [0.5, 0.6) is 0 Å². The van der Waals surface area contributed by atoms with Crippen LogP contribution in [0.4, 0.5) is 30.6 Å². The summed E-state index contributed by atoms with van der Waals surface area (Å²) in [5.74, 6) is -1.17. The Morgan fingerprint density at radius 3 is 1.68 bits per heavy atom. The molecule has 4 aromatic rings. The first kappa shape index (κ1) is 51.5. The van der Waals surface area contributed by atoms with Crippen LogP contribution in [0, 0.1) is 6.92 Å². The highest BCUT2D eigenvalue weighted by atomic mass is 16.6. The normalized spacial score (nSPS) is 12.2. The predicted octanol–water partition coefficient (Wildman–Crippen LogP) is 7.96. The summed E-state index contributed by atoms with van der Waals surface area (Å²) in [6.45, 7) is 12.7. The zero-order valence-electron chi connectivity index (χ0n) is 38.6. The van der Waals surface area contributed by atoms with E-state index >= 15 is 0 Å². The number of nitrogens with one attached hydrogen (secondary N) is 6. The van der Waals surface area contributed by atoms with E-state index in [1.165, 1.54) is 12.1 Å². The van der Waals surface area contributed by atoms with Crippen molar-refractivity contribution in [2.24, 2.45) is 0 Å². The Hall–Kier alpha value is -7.11. The quantitative estimate of drug-likeness (QED) is 0.0281. The third kappa shape index (κ3) is 19.3. The van der Waals surface area contributed by atoms with E-state index in [0.29, 0.717) is 48.2 Å². The van der Waals surface area contributed by atoms with E-state index in [1.807, 2.05) is 6.07 Å². The first-order valence-corrected chi connectivity index (χ1v) is 21.8. The van der Waals surface area contributed by atoms with E-state index in [1.54, 1.807) is 109 Å². The minimum Gasteiger partial charge on any atom is -0.445 e. The molecule has 3 aromatic carbocycles. The molecule has 18 heteroatoms. The van der Waals surface area contributed by atoms with Gasteiger partial charge >= 0.3 is 30.0 Å². The van der Waals surface area contributed by atoms with Crippen LogP contribution < -0.4 is 37.5 Å². The van der Waals surface area contributed by atoms with Gasteiger partial charge in [-0.15, -0.1) is 0 Å². The number of fused-ring (bicyclic) bond motifs is 1. The molecule has 356 valence electrons. The molecule has 0 aliphatic rings. The maximum Gasteiger partial charge on any atom is 0.411 e. The van der Waals surface area contributed by atoms with Crippen molar-refractivity contribution in [3.8, 4) is 0 Å². The fourth-order valence-corrected chi connectivity index (χ4v) is 6.29. The average Bonchev–Trinajstić information content (AvgIpc) is 3.23. The van der Waals surface area contributed by atoms with Crippen LogP contribution in [0.1, 0.15) is 96.8 Å². The van der Waals surface area contributed by atoms with E-state index in [2.05, 4.69) is 31.9 Å². The molecular weight excluding hydrogens is 853 g/mol. The van der Waals surface area contributed by atoms with Gasteiger partial charge in [-0.2, -0.15) is 0 Å². The summed E-state index contributed by atoms with van der Waals surface area (Å²) in [4.78, 5) is 89.5. The number of rotatable bonds is 20. The van der Waals surface area contributed by atoms with Gasteiger partial charge in [-0.05, 0) is 128 Å². The topological polar surface area (TPSA) is 242 Å². The smallest absolute Gasteiger partial charge is 0.411 e. The third-order valence-corrected chi connectivity index (χ3v) is 9.42. The first-order valence-electron chi connectivity index (χ1n) is 21.8. The molecule has 0 saturated heterocycles. The Kier molecular flexibility index (Phi) is 19.4. The minimum absolute atomic E-state index is 0.0335. The largest absolute Gasteiger partial charge is 0.445 e. The molecule has 2 atom stereocenters. The molecule has 0 saturated carbocycles. The molecule has 0 spiro atoms. The van der Waals surface area contributed by atoms with Gasteiger partial charge in [-0.25, -0.2) is 24.0 Å². The van der Waals surface area contributed by atoms with Gasteiger partial charge < -0.3 is 49.9 Å². The first-order chi connectivity index (χ1) is 31.2. The fraction of sp³-hybridized carbons (Fsp3) is 0.438. The van der Waals surface area contributed by atoms with Crippen molar-refractivity contribution >= 4 is 58.5 Å². The molecular formula is C48H62N6O12. The molecule has 4 rings (SSSR count). The number of carbonyl (C=O) groups excluding carboxylic acids is 6. The lowest BCUT2D eigenvalue weighted by Gasteiger charge is -2.23. The lowest BCUT2D eigenvalue weighted by Crippen LogP contribution is -2.52. The number of anilines is 2.